The molecule has 0 heterocycles. The molecule has 2 rings (SSSR count). The van der Waals surface area contributed by atoms with Crippen molar-refractivity contribution in [1.82, 2.24) is 0 Å². The second kappa shape index (κ2) is 5.89. The number of alkyl halides is 1. The summed E-state index contributed by atoms with van der Waals surface area (Å²) in [7, 11) is 0. The van der Waals surface area contributed by atoms with Crippen LogP contribution in [-0.4, -0.2) is 0 Å². The molecule has 17 heavy (non-hydrogen) atoms. The van der Waals surface area contributed by atoms with E-state index in [-0.39, 0.29) is 0 Å². The quantitative estimate of drug-likeness (QED) is 0.621. The molecule has 0 fully saturated rings. The molecule has 1 nitrogen and oxygen atoms in total. The first kappa shape index (κ1) is 12.9. The molecular weight excluding hydrogens is 367 g/mol. The molecule has 88 valence electrons. The highest BCUT2D eigenvalue weighted by Crippen LogP contribution is 2.31. The topological polar surface area (TPSA) is 9.23 Å². The minimum Gasteiger partial charge on any atom is -0.456 e. The lowest BCUT2D eigenvalue weighted by molar-refractivity contribution is 0.479. The van der Waals surface area contributed by atoms with Gasteiger partial charge in [0.25, 0.3) is 0 Å². The molecule has 4 heteroatoms. The Labute approximate surface area is 122 Å². The van der Waals surface area contributed by atoms with Gasteiger partial charge in [0.1, 0.15) is 11.5 Å². The van der Waals surface area contributed by atoms with Gasteiger partial charge in [0.15, 0.2) is 0 Å². The molecule has 0 aromatic heterocycles. The lowest BCUT2D eigenvalue weighted by Crippen LogP contribution is -1.86. The SMILES string of the molecule is ClCc1ccc(Oc2ccc(Br)cc2)c(Br)c1. The molecular formula is C13H9Br2ClO. The molecule has 2 aromatic carbocycles. The molecule has 0 atom stereocenters. The molecule has 2 aromatic rings. The molecule has 0 unspecified atom stereocenters. The number of halogens is 3. The molecule has 0 spiro atoms. The molecule has 0 aliphatic carbocycles. The van der Waals surface area contributed by atoms with Gasteiger partial charge >= 0.3 is 0 Å². The van der Waals surface area contributed by atoms with Crippen molar-refractivity contribution in [2.75, 3.05) is 0 Å². The molecule has 0 amide bonds. The van der Waals surface area contributed by atoms with Gasteiger partial charge in [0, 0.05) is 10.4 Å². The van der Waals surface area contributed by atoms with Gasteiger partial charge < -0.3 is 4.74 Å². The van der Waals surface area contributed by atoms with E-state index in [1.54, 1.807) is 0 Å². The molecule has 0 aliphatic heterocycles. The van der Waals surface area contributed by atoms with Gasteiger partial charge in [-0.05, 0) is 57.9 Å². The normalized spacial score (nSPS) is 10.3. The first-order chi connectivity index (χ1) is 8.19. The van der Waals surface area contributed by atoms with Crippen molar-refractivity contribution in [3.63, 3.8) is 0 Å². The molecule has 0 N–H and O–H groups in total. The zero-order valence-corrected chi connectivity index (χ0v) is 12.7. The third-order valence-corrected chi connectivity index (χ3v) is 3.65. The van der Waals surface area contributed by atoms with Crippen molar-refractivity contribution in [3.05, 3.63) is 57.0 Å². The maximum atomic E-state index is 5.76. The van der Waals surface area contributed by atoms with Crippen LogP contribution in [0.2, 0.25) is 0 Å². The van der Waals surface area contributed by atoms with Crippen LogP contribution in [0.4, 0.5) is 0 Å². The van der Waals surface area contributed by atoms with Crippen molar-refractivity contribution in [1.29, 1.82) is 0 Å². The average molecular weight is 376 g/mol. The van der Waals surface area contributed by atoms with E-state index in [4.69, 9.17) is 16.3 Å². The Morgan fingerprint density at radius 2 is 1.71 bits per heavy atom. The first-order valence-corrected chi connectivity index (χ1v) is 7.09. The van der Waals surface area contributed by atoms with Crippen LogP contribution in [0, 0.1) is 0 Å². The zero-order valence-electron chi connectivity index (χ0n) is 8.79. The fourth-order valence-electron chi connectivity index (χ4n) is 1.34. The standard InChI is InChI=1S/C13H9Br2ClO/c14-10-2-4-11(5-3-10)17-13-6-1-9(8-16)7-12(13)15/h1-7H,8H2. The summed E-state index contributed by atoms with van der Waals surface area (Å²) in [6.07, 6.45) is 0. The summed E-state index contributed by atoms with van der Waals surface area (Å²) in [4.78, 5) is 0. The van der Waals surface area contributed by atoms with Gasteiger partial charge in [-0.3, -0.25) is 0 Å². The summed E-state index contributed by atoms with van der Waals surface area (Å²) in [5, 5.41) is 0. The maximum absolute atomic E-state index is 5.76. The van der Waals surface area contributed by atoms with Crippen LogP contribution in [0.3, 0.4) is 0 Å². The summed E-state index contributed by atoms with van der Waals surface area (Å²) < 4.78 is 7.68. The van der Waals surface area contributed by atoms with Crippen molar-refractivity contribution in [2.24, 2.45) is 0 Å². The van der Waals surface area contributed by atoms with Crippen LogP contribution >= 0.6 is 43.5 Å². The third kappa shape index (κ3) is 3.47. The van der Waals surface area contributed by atoms with Crippen LogP contribution in [0.1, 0.15) is 5.56 Å². The first-order valence-electron chi connectivity index (χ1n) is 4.97. The van der Waals surface area contributed by atoms with E-state index >= 15 is 0 Å². The number of rotatable bonds is 3. The van der Waals surface area contributed by atoms with Gasteiger partial charge in [-0.15, -0.1) is 11.6 Å². The lowest BCUT2D eigenvalue weighted by Gasteiger charge is -2.08. The van der Waals surface area contributed by atoms with Crippen molar-refractivity contribution < 1.29 is 4.74 Å². The highest BCUT2D eigenvalue weighted by Gasteiger charge is 2.03. The van der Waals surface area contributed by atoms with E-state index in [1.807, 2.05) is 42.5 Å². The average Bonchev–Trinajstić information content (AvgIpc) is 2.34. The van der Waals surface area contributed by atoms with Gasteiger partial charge in [0.05, 0.1) is 4.47 Å². The number of hydrogen-bond donors (Lipinski definition) is 0. The summed E-state index contributed by atoms with van der Waals surface area (Å²) in [5.74, 6) is 2.07. The van der Waals surface area contributed by atoms with E-state index < -0.39 is 0 Å². The predicted molar refractivity (Wildman–Crippen MR) is 77.9 cm³/mol. The van der Waals surface area contributed by atoms with Crippen LogP contribution in [0.15, 0.2) is 51.4 Å². The van der Waals surface area contributed by atoms with Crippen molar-refractivity contribution in [2.45, 2.75) is 5.88 Å². The fourth-order valence-corrected chi connectivity index (χ4v) is 2.28. The maximum Gasteiger partial charge on any atom is 0.141 e. The Kier molecular flexibility index (Phi) is 4.48. The van der Waals surface area contributed by atoms with Crippen molar-refractivity contribution >= 4 is 43.5 Å². The fraction of sp³-hybridized carbons (Fsp3) is 0.0769. The van der Waals surface area contributed by atoms with E-state index in [1.165, 1.54) is 0 Å². The van der Waals surface area contributed by atoms with Crippen LogP contribution < -0.4 is 4.74 Å². The Morgan fingerprint density at radius 1 is 1.00 bits per heavy atom. The minimum absolute atomic E-state index is 0.497. The van der Waals surface area contributed by atoms with Crippen LogP contribution in [-0.2, 0) is 5.88 Å². The second-order valence-electron chi connectivity index (χ2n) is 3.45. The van der Waals surface area contributed by atoms with Crippen LogP contribution in [0.25, 0.3) is 0 Å². The van der Waals surface area contributed by atoms with E-state index in [0.717, 1.165) is 26.0 Å². The Balaban J connectivity index is 2.21. The van der Waals surface area contributed by atoms with Gasteiger partial charge in [-0.2, -0.15) is 0 Å². The van der Waals surface area contributed by atoms with E-state index in [0.29, 0.717) is 5.88 Å². The molecule has 0 radical (unpaired) electrons. The second-order valence-corrected chi connectivity index (χ2v) is 5.49. The predicted octanol–water partition coefficient (Wildman–Crippen LogP) is 5.74. The molecule has 0 saturated carbocycles. The van der Waals surface area contributed by atoms with Gasteiger partial charge in [-0.25, -0.2) is 0 Å². The van der Waals surface area contributed by atoms with Crippen molar-refractivity contribution in [3.8, 4) is 11.5 Å². The Hall–Kier alpha value is -0.510. The Morgan fingerprint density at radius 3 is 2.29 bits per heavy atom. The molecule has 0 aliphatic rings. The lowest BCUT2D eigenvalue weighted by atomic mass is 10.2. The van der Waals surface area contributed by atoms with E-state index in [9.17, 15) is 0 Å². The van der Waals surface area contributed by atoms with E-state index in [2.05, 4.69) is 31.9 Å². The minimum atomic E-state index is 0.497. The summed E-state index contributed by atoms with van der Waals surface area (Å²) in [6, 6.07) is 13.5. The monoisotopic (exact) mass is 374 g/mol. The largest absolute Gasteiger partial charge is 0.456 e. The van der Waals surface area contributed by atoms with Crippen LogP contribution in [0.5, 0.6) is 11.5 Å². The smallest absolute Gasteiger partial charge is 0.141 e. The molecule has 0 saturated heterocycles. The van der Waals surface area contributed by atoms with Gasteiger partial charge in [0.2, 0.25) is 0 Å². The summed E-state index contributed by atoms with van der Waals surface area (Å²) in [5.41, 5.74) is 1.06. The molecule has 0 bridgehead atoms. The zero-order chi connectivity index (χ0) is 12.3. The van der Waals surface area contributed by atoms with Gasteiger partial charge in [-0.1, -0.05) is 22.0 Å². The number of ether oxygens (including phenoxy) is 1. The number of hydrogen-bond acceptors (Lipinski definition) is 1. The Bertz CT molecular complexity index is 511. The summed E-state index contributed by atoms with van der Waals surface area (Å²) in [6.45, 7) is 0. The highest BCUT2D eigenvalue weighted by molar-refractivity contribution is 9.10. The summed E-state index contributed by atoms with van der Waals surface area (Å²) >= 11 is 12.6. The third-order valence-electron chi connectivity index (χ3n) is 2.19. The number of benzene rings is 2. The highest BCUT2D eigenvalue weighted by atomic mass is 79.9.